The number of oxime groups is 1. The van der Waals surface area contributed by atoms with Crippen molar-refractivity contribution in [3.05, 3.63) is 11.1 Å². The topological polar surface area (TPSA) is 133 Å². The Morgan fingerprint density at radius 2 is 2.14 bits per heavy atom. The first kappa shape index (κ1) is 17.9. The Morgan fingerprint density at radius 3 is 2.64 bits per heavy atom. The van der Waals surface area contributed by atoms with E-state index >= 15 is 0 Å². The van der Waals surface area contributed by atoms with Crippen molar-refractivity contribution < 1.29 is 29.0 Å². The standard InChI is InChI=1S/C12H17N3O6S/c1-12(2,10(18)20-5-4-19-3)21-15-8(9(16)17)7-6-22-11(13)14-7/h6H,4-5H2,1-3H3,(H2,13,14)(H,16,17)/b15-8-. The normalized spacial score (nSPS) is 12.0. The summed E-state index contributed by atoms with van der Waals surface area (Å²) < 4.78 is 9.66. The maximum atomic E-state index is 11.8. The Bertz CT molecular complexity index is 569. The lowest BCUT2D eigenvalue weighted by molar-refractivity contribution is -0.169. The molecule has 1 heterocycles. The zero-order chi connectivity index (χ0) is 16.8. The number of rotatable bonds is 8. The average molecular weight is 331 g/mol. The van der Waals surface area contributed by atoms with Gasteiger partial charge in [0.05, 0.1) is 6.61 Å². The minimum Gasteiger partial charge on any atom is -0.476 e. The summed E-state index contributed by atoms with van der Waals surface area (Å²) in [7, 11) is 1.47. The maximum Gasteiger partial charge on any atom is 0.360 e. The van der Waals surface area contributed by atoms with Gasteiger partial charge in [-0.25, -0.2) is 14.6 Å². The number of nitrogen functional groups attached to an aromatic ring is 1. The average Bonchev–Trinajstić information content (AvgIpc) is 2.85. The fraction of sp³-hybridized carbons (Fsp3) is 0.500. The third kappa shape index (κ3) is 4.97. The van der Waals surface area contributed by atoms with Crippen molar-refractivity contribution in [2.45, 2.75) is 19.4 Å². The first-order valence-corrected chi connectivity index (χ1v) is 7.03. The van der Waals surface area contributed by atoms with E-state index in [1.54, 1.807) is 0 Å². The number of aliphatic carboxylic acids is 1. The van der Waals surface area contributed by atoms with Crippen molar-refractivity contribution in [3.63, 3.8) is 0 Å². The Kier molecular flexibility index (Phi) is 6.25. The van der Waals surface area contributed by atoms with Crippen LogP contribution in [0.15, 0.2) is 10.5 Å². The first-order chi connectivity index (χ1) is 10.3. The number of thiazole rings is 1. The van der Waals surface area contributed by atoms with Gasteiger partial charge >= 0.3 is 11.9 Å². The van der Waals surface area contributed by atoms with Gasteiger partial charge in [-0.3, -0.25) is 0 Å². The third-order valence-electron chi connectivity index (χ3n) is 2.34. The highest BCUT2D eigenvalue weighted by Gasteiger charge is 2.33. The van der Waals surface area contributed by atoms with Crippen LogP contribution in [-0.4, -0.2) is 53.7 Å². The van der Waals surface area contributed by atoms with Crippen molar-refractivity contribution in [1.29, 1.82) is 0 Å². The molecule has 0 saturated heterocycles. The summed E-state index contributed by atoms with van der Waals surface area (Å²) in [4.78, 5) is 31.8. The number of methoxy groups -OCH3 is 1. The molecule has 0 fully saturated rings. The molecule has 0 radical (unpaired) electrons. The minimum atomic E-state index is -1.46. The molecule has 0 aromatic carbocycles. The van der Waals surface area contributed by atoms with Gasteiger partial charge in [0.2, 0.25) is 11.3 Å². The van der Waals surface area contributed by atoms with Crippen molar-refractivity contribution in [3.8, 4) is 0 Å². The molecule has 0 aliphatic carbocycles. The van der Waals surface area contributed by atoms with Crippen LogP contribution < -0.4 is 5.73 Å². The molecule has 0 saturated carbocycles. The number of esters is 1. The van der Waals surface area contributed by atoms with Crippen LogP contribution in [0, 0.1) is 0 Å². The first-order valence-electron chi connectivity index (χ1n) is 6.15. The fourth-order valence-electron chi connectivity index (χ4n) is 1.18. The van der Waals surface area contributed by atoms with Gasteiger partial charge in [0.25, 0.3) is 0 Å². The molecule has 0 atom stereocenters. The Labute approximate surface area is 130 Å². The van der Waals surface area contributed by atoms with Crippen LogP contribution in [-0.2, 0) is 23.9 Å². The van der Waals surface area contributed by atoms with Gasteiger partial charge in [-0.2, -0.15) is 0 Å². The molecule has 0 aliphatic heterocycles. The predicted molar refractivity (Wildman–Crippen MR) is 78.7 cm³/mol. The minimum absolute atomic E-state index is 0.0542. The van der Waals surface area contributed by atoms with E-state index in [9.17, 15) is 9.59 Å². The maximum absolute atomic E-state index is 11.8. The van der Waals surface area contributed by atoms with E-state index in [2.05, 4.69) is 10.1 Å². The highest BCUT2D eigenvalue weighted by molar-refractivity contribution is 7.13. The van der Waals surface area contributed by atoms with E-state index in [4.69, 9.17) is 25.2 Å². The molecule has 0 aliphatic rings. The van der Waals surface area contributed by atoms with Gasteiger partial charge in [0, 0.05) is 12.5 Å². The van der Waals surface area contributed by atoms with Crippen molar-refractivity contribution in [2.24, 2.45) is 5.16 Å². The number of carboxylic acid groups (broad SMARTS) is 1. The number of nitrogens with two attached hydrogens (primary N) is 1. The summed E-state index contributed by atoms with van der Waals surface area (Å²) in [5.74, 6) is -2.05. The van der Waals surface area contributed by atoms with Gasteiger partial charge in [-0.05, 0) is 13.8 Å². The number of carbonyl (C=O) groups excluding carboxylic acids is 1. The molecule has 1 rings (SSSR count). The van der Waals surface area contributed by atoms with Crippen LogP contribution in [0.1, 0.15) is 19.5 Å². The second-order valence-corrected chi connectivity index (χ2v) is 5.44. The Morgan fingerprint density at radius 1 is 1.45 bits per heavy atom. The zero-order valence-electron chi connectivity index (χ0n) is 12.4. The number of ether oxygens (including phenoxy) is 2. The molecule has 22 heavy (non-hydrogen) atoms. The summed E-state index contributed by atoms with van der Waals surface area (Å²) in [6.07, 6.45) is 0. The highest BCUT2D eigenvalue weighted by Crippen LogP contribution is 2.16. The van der Waals surface area contributed by atoms with Gasteiger partial charge in [0.15, 0.2) is 5.13 Å². The summed E-state index contributed by atoms with van der Waals surface area (Å²) in [5.41, 5.74) is 3.59. The molecule has 0 spiro atoms. The lowest BCUT2D eigenvalue weighted by Gasteiger charge is -2.20. The quantitative estimate of drug-likeness (QED) is 0.304. The van der Waals surface area contributed by atoms with Crippen molar-refractivity contribution >= 4 is 34.1 Å². The number of carbonyl (C=O) groups is 2. The number of carboxylic acids is 1. The number of aromatic nitrogens is 1. The Balaban J connectivity index is 2.81. The Hall–Kier alpha value is -2.20. The van der Waals surface area contributed by atoms with E-state index < -0.39 is 23.3 Å². The van der Waals surface area contributed by atoms with E-state index in [-0.39, 0.29) is 24.0 Å². The lowest BCUT2D eigenvalue weighted by atomic mass is 10.1. The van der Waals surface area contributed by atoms with E-state index in [1.165, 1.54) is 26.3 Å². The fourth-order valence-corrected chi connectivity index (χ4v) is 1.73. The smallest absolute Gasteiger partial charge is 0.360 e. The molecule has 9 nitrogen and oxygen atoms in total. The van der Waals surface area contributed by atoms with Crippen molar-refractivity contribution in [1.82, 2.24) is 4.98 Å². The molecule has 3 N–H and O–H groups in total. The summed E-state index contributed by atoms with van der Waals surface area (Å²) in [5, 5.41) is 14.2. The van der Waals surface area contributed by atoms with Gasteiger partial charge < -0.3 is 25.2 Å². The molecule has 0 unspecified atom stereocenters. The van der Waals surface area contributed by atoms with E-state index in [0.29, 0.717) is 0 Å². The molecular weight excluding hydrogens is 314 g/mol. The van der Waals surface area contributed by atoms with E-state index in [1.807, 2.05) is 0 Å². The second kappa shape index (κ2) is 7.71. The van der Waals surface area contributed by atoms with Gasteiger partial charge in [-0.15, -0.1) is 11.3 Å². The molecular formula is C12H17N3O6S. The van der Waals surface area contributed by atoms with Gasteiger partial charge in [-0.1, -0.05) is 5.16 Å². The van der Waals surface area contributed by atoms with E-state index in [0.717, 1.165) is 11.3 Å². The van der Waals surface area contributed by atoms with Crippen LogP contribution in [0.3, 0.4) is 0 Å². The molecule has 1 aromatic heterocycles. The second-order valence-electron chi connectivity index (χ2n) is 4.55. The van der Waals surface area contributed by atoms with Crippen LogP contribution in [0.5, 0.6) is 0 Å². The van der Waals surface area contributed by atoms with Crippen LogP contribution in [0.4, 0.5) is 5.13 Å². The van der Waals surface area contributed by atoms with Gasteiger partial charge in [0.1, 0.15) is 12.3 Å². The molecule has 122 valence electrons. The predicted octanol–water partition coefficient (Wildman–Crippen LogP) is 0.499. The largest absolute Gasteiger partial charge is 0.476 e. The molecule has 0 bridgehead atoms. The SMILES string of the molecule is COCCOC(=O)C(C)(C)O/N=C(\C(=O)O)c1csc(N)n1. The lowest BCUT2D eigenvalue weighted by Crippen LogP contribution is -2.36. The molecule has 1 aromatic rings. The zero-order valence-corrected chi connectivity index (χ0v) is 13.2. The highest BCUT2D eigenvalue weighted by atomic mass is 32.1. The summed E-state index contributed by atoms with van der Waals surface area (Å²) in [6, 6.07) is 0. The van der Waals surface area contributed by atoms with Crippen LogP contribution in [0.25, 0.3) is 0 Å². The molecule has 10 heteroatoms. The molecule has 0 amide bonds. The monoisotopic (exact) mass is 331 g/mol. The number of nitrogens with zero attached hydrogens (tertiary/aromatic N) is 2. The third-order valence-corrected chi connectivity index (χ3v) is 3.02. The number of anilines is 1. The summed E-state index contributed by atoms with van der Waals surface area (Å²) >= 11 is 1.06. The number of hydrogen-bond acceptors (Lipinski definition) is 9. The van der Waals surface area contributed by atoms with Crippen molar-refractivity contribution in [2.75, 3.05) is 26.1 Å². The summed E-state index contributed by atoms with van der Waals surface area (Å²) in [6.45, 7) is 3.10. The van der Waals surface area contributed by atoms with Crippen LogP contribution >= 0.6 is 11.3 Å². The number of hydrogen-bond donors (Lipinski definition) is 2. The van der Waals surface area contributed by atoms with Crippen LogP contribution in [0.2, 0.25) is 0 Å².